The number of nitrogens with zero attached hydrogens (tertiary/aromatic N) is 1. The van der Waals surface area contributed by atoms with Gasteiger partial charge in [0.25, 0.3) is 0 Å². The van der Waals surface area contributed by atoms with Crippen LogP contribution >= 0.6 is 0 Å². The van der Waals surface area contributed by atoms with E-state index in [2.05, 4.69) is 41.4 Å². The highest BCUT2D eigenvalue weighted by Gasteiger charge is 2.34. The summed E-state index contributed by atoms with van der Waals surface area (Å²) in [5.41, 5.74) is 2.91. The third kappa shape index (κ3) is 3.24. The summed E-state index contributed by atoms with van der Waals surface area (Å²) < 4.78 is 0. The van der Waals surface area contributed by atoms with Crippen molar-refractivity contribution in [3.8, 4) is 0 Å². The fourth-order valence-electron chi connectivity index (χ4n) is 4.10. The van der Waals surface area contributed by atoms with E-state index in [1.165, 1.54) is 49.8 Å². The summed E-state index contributed by atoms with van der Waals surface area (Å²) in [7, 11) is 0. The molecule has 1 aliphatic carbocycles. The molecule has 1 N–H and O–H groups in total. The molecule has 1 saturated carbocycles. The van der Waals surface area contributed by atoms with Crippen LogP contribution in [-0.4, -0.2) is 24.0 Å². The normalized spacial score (nSPS) is 26.6. The molecule has 0 aromatic heterocycles. The Kier molecular flexibility index (Phi) is 4.74. The number of hydrogen-bond acceptors (Lipinski definition) is 2. The molecule has 0 amide bonds. The minimum Gasteiger partial charge on any atom is -0.313 e. The Balaban J connectivity index is 1.64. The van der Waals surface area contributed by atoms with Crippen molar-refractivity contribution in [2.45, 2.75) is 58.2 Å². The molecule has 1 aromatic rings. The molecule has 1 aromatic carbocycles. The summed E-state index contributed by atoms with van der Waals surface area (Å²) in [6.07, 6.45) is 7.23. The van der Waals surface area contributed by atoms with Gasteiger partial charge in [-0.15, -0.1) is 0 Å². The van der Waals surface area contributed by atoms with Crippen LogP contribution < -0.4 is 5.32 Å². The lowest BCUT2D eigenvalue weighted by Crippen LogP contribution is -2.41. The van der Waals surface area contributed by atoms with Crippen LogP contribution in [0.1, 0.15) is 50.2 Å². The first kappa shape index (κ1) is 14.1. The van der Waals surface area contributed by atoms with Crippen molar-refractivity contribution in [3.05, 3.63) is 35.4 Å². The fraction of sp³-hybridized carbons (Fsp3) is 0.667. The van der Waals surface area contributed by atoms with Gasteiger partial charge in [-0.2, -0.15) is 0 Å². The molecule has 1 aliphatic heterocycles. The number of piperidine rings is 1. The average molecular weight is 272 g/mol. The molecule has 2 nitrogen and oxygen atoms in total. The quantitative estimate of drug-likeness (QED) is 0.881. The Labute approximate surface area is 123 Å². The summed E-state index contributed by atoms with van der Waals surface area (Å²) in [6, 6.07) is 10.0. The van der Waals surface area contributed by atoms with Gasteiger partial charge in [0.05, 0.1) is 0 Å². The van der Waals surface area contributed by atoms with Crippen LogP contribution in [0, 0.1) is 5.92 Å². The van der Waals surface area contributed by atoms with Crippen LogP contribution in [0.25, 0.3) is 0 Å². The van der Waals surface area contributed by atoms with Crippen molar-refractivity contribution < 1.29 is 0 Å². The highest BCUT2D eigenvalue weighted by Crippen LogP contribution is 2.37. The number of benzene rings is 1. The summed E-state index contributed by atoms with van der Waals surface area (Å²) in [5.74, 6) is 0.994. The van der Waals surface area contributed by atoms with Gasteiger partial charge in [-0.3, -0.25) is 4.90 Å². The minimum absolute atomic E-state index is 0.876. The molecular weight excluding hydrogens is 244 g/mol. The zero-order valence-electron chi connectivity index (χ0n) is 12.8. The van der Waals surface area contributed by atoms with E-state index in [0.29, 0.717) is 0 Å². The monoisotopic (exact) mass is 272 g/mol. The lowest BCUT2D eigenvalue weighted by atomic mass is 9.91. The van der Waals surface area contributed by atoms with Gasteiger partial charge in [0.2, 0.25) is 0 Å². The predicted octanol–water partition coefficient (Wildman–Crippen LogP) is 3.56. The molecule has 2 fully saturated rings. The first-order valence-corrected chi connectivity index (χ1v) is 8.39. The minimum atomic E-state index is 0.876. The highest BCUT2D eigenvalue weighted by molar-refractivity contribution is 5.23. The van der Waals surface area contributed by atoms with Crippen molar-refractivity contribution in [1.29, 1.82) is 0 Å². The van der Waals surface area contributed by atoms with Crippen molar-refractivity contribution in [2.24, 2.45) is 5.92 Å². The zero-order valence-corrected chi connectivity index (χ0v) is 12.8. The molecule has 2 unspecified atom stereocenters. The van der Waals surface area contributed by atoms with Crippen LogP contribution in [0.5, 0.6) is 0 Å². The van der Waals surface area contributed by atoms with Crippen molar-refractivity contribution in [1.82, 2.24) is 10.2 Å². The maximum atomic E-state index is 3.42. The van der Waals surface area contributed by atoms with Crippen LogP contribution in [0.15, 0.2) is 24.3 Å². The molecule has 1 heterocycles. The number of fused-ring (bicyclic) bond motifs is 1. The van der Waals surface area contributed by atoms with Crippen LogP contribution in [-0.2, 0) is 13.1 Å². The Bertz CT molecular complexity index is 429. The molecule has 0 radical (unpaired) electrons. The van der Waals surface area contributed by atoms with E-state index >= 15 is 0 Å². The predicted molar refractivity (Wildman–Crippen MR) is 84.6 cm³/mol. The second kappa shape index (κ2) is 6.73. The summed E-state index contributed by atoms with van der Waals surface area (Å²) >= 11 is 0. The Hall–Kier alpha value is -0.860. The van der Waals surface area contributed by atoms with Crippen LogP contribution in [0.2, 0.25) is 0 Å². The summed E-state index contributed by atoms with van der Waals surface area (Å²) in [6.45, 7) is 6.66. The van der Waals surface area contributed by atoms with Gasteiger partial charge in [-0.05, 0) is 55.8 Å². The molecule has 2 aliphatic rings. The number of nitrogens with one attached hydrogen (secondary N) is 1. The van der Waals surface area contributed by atoms with Gasteiger partial charge in [-0.1, -0.05) is 37.6 Å². The van der Waals surface area contributed by atoms with E-state index in [1.54, 1.807) is 0 Å². The first-order valence-electron chi connectivity index (χ1n) is 8.39. The van der Waals surface area contributed by atoms with E-state index in [-0.39, 0.29) is 0 Å². The van der Waals surface area contributed by atoms with E-state index in [0.717, 1.165) is 31.6 Å². The van der Waals surface area contributed by atoms with Gasteiger partial charge in [0.15, 0.2) is 0 Å². The third-order valence-corrected chi connectivity index (χ3v) is 5.06. The lowest BCUT2D eigenvalue weighted by molar-refractivity contribution is 0.106. The van der Waals surface area contributed by atoms with E-state index in [4.69, 9.17) is 0 Å². The average Bonchev–Trinajstić information content (AvgIpc) is 2.95. The molecule has 2 heteroatoms. The van der Waals surface area contributed by atoms with Gasteiger partial charge in [0, 0.05) is 19.1 Å². The van der Waals surface area contributed by atoms with E-state index < -0.39 is 0 Å². The number of likely N-dealkylation sites (tertiary alicyclic amines) is 1. The Morgan fingerprint density at radius 1 is 1.15 bits per heavy atom. The van der Waals surface area contributed by atoms with Crippen LogP contribution in [0.4, 0.5) is 0 Å². The van der Waals surface area contributed by atoms with Crippen LogP contribution in [0.3, 0.4) is 0 Å². The second-order valence-electron chi connectivity index (χ2n) is 6.47. The fourth-order valence-corrected chi connectivity index (χ4v) is 4.10. The van der Waals surface area contributed by atoms with Crippen molar-refractivity contribution in [3.63, 3.8) is 0 Å². The van der Waals surface area contributed by atoms with Crippen molar-refractivity contribution >= 4 is 0 Å². The molecule has 20 heavy (non-hydrogen) atoms. The Morgan fingerprint density at radius 3 is 2.90 bits per heavy atom. The van der Waals surface area contributed by atoms with Gasteiger partial charge < -0.3 is 5.32 Å². The smallest absolute Gasteiger partial charge is 0.0236 e. The lowest BCUT2D eigenvalue weighted by Gasteiger charge is -2.37. The molecule has 1 saturated heterocycles. The maximum absolute atomic E-state index is 3.42. The first-order chi connectivity index (χ1) is 9.86. The molecule has 0 spiro atoms. The Morgan fingerprint density at radius 2 is 2.00 bits per heavy atom. The standard InChI is InChI=1S/C18H28N2/c1-2-19-13-15-6-3-7-16(12-15)14-20-11-5-9-17-8-4-10-18(17)20/h3,6-7,12,17-19H,2,4-5,8-11,13-14H2,1H3. The molecular formula is C18H28N2. The van der Waals surface area contributed by atoms with Gasteiger partial charge in [-0.25, -0.2) is 0 Å². The summed E-state index contributed by atoms with van der Waals surface area (Å²) in [5, 5.41) is 3.42. The number of rotatable bonds is 5. The number of hydrogen-bond donors (Lipinski definition) is 1. The topological polar surface area (TPSA) is 15.3 Å². The third-order valence-electron chi connectivity index (χ3n) is 5.06. The SMILES string of the molecule is CCNCc1cccc(CN2CCCC3CCCC32)c1. The molecule has 3 rings (SSSR count). The maximum Gasteiger partial charge on any atom is 0.0236 e. The van der Waals surface area contributed by atoms with Gasteiger partial charge in [0.1, 0.15) is 0 Å². The largest absolute Gasteiger partial charge is 0.313 e. The molecule has 110 valence electrons. The van der Waals surface area contributed by atoms with E-state index in [1.807, 2.05) is 0 Å². The van der Waals surface area contributed by atoms with Gasteiger partial charge >= 0.3 is 0 Å². The summed E-state index contributed by atoms with van der Waals surface area (Å²) in [4.78, 5) is 2.76. The highest BCUT2D eigenvalue weighted by atomic mass is 15.2. The zero-order chi connectivity index (χ0) is 13.8. The molecule has 0 bridgehead atoms. The van der Waals surface area contributed by atoms with Crippen molar-refractivity contribution in [2.75, 3.05) is 13.1 Å². The second-order valence-corrected chi connectivity index (χ2v) is 6.47. The van der Waals surface area contributed by atoms with E-state index in [9.17, 15) is 0 Å². The molecule has 2 atom stereocenters.